The normalized spacial score (nSPS) is 18.6. The number of hydrogen-bond donors (Lipinski definition) is 1. The molecular weight excluding hydrogens is 257 g/mol. The lowest BCUT2D eigenvalue weighted by molar-refractivity contribution is -0.138. The van der Waals surface area contributed by atoms with Crippen molar-refractivity contribution in [3.8, 4) is 11.8 Å². The van der Waals surface area contributed by atoms with E-state index in [1.54, 1.807) is 11.0 Å². The van der Waals surface area contributed by atoms with E-state index in [1.165, 1.54) is 12.1 Å². The summed E-state index contributed by atoms with van der Waals surface area (Å²) in [7, 11) is 0. The average Bonchev–Trinajstić information content (AvgIpc) is 2.41. The molecule has 20 heavy (non-hydrogen) atoms. The molecule has 2 rings (SSSR count). The highest BCUT2D eigenvalue weighted by Gasteiger charge is 2.25. The Kier molecular flexibility index (Phi) is 4.75. The predicted molar refractivity (Wildman–Crippen MR) is 74.2 cm³/mol. The van der Waals surface area contributed by atoms with Gasteiger partial charge in [-0.25, -0.2) is 4.39 Å². The summed E-state index contributed by atoms with van der Waals surface area (Å²) in [6.45, 7) is 2.80. The standard InChI is InChI=1S/C16H18FNO2/c1-12-4-2-6-18(16(12)20)11-14-8-13(5-3-7-19)9-15(17)10-14/h8-10,12,19H,2,4,6-7,11H2,1H3. The van der Waals surface area contributed by atoms with E-state index < -0.39 is 0 Å². The molecule has 0 radical (unpaired) electrons. The minimum absolute atomic E-state index is 0.0472. The fourth-order valence-electron chi connectivity index (χ4n) is 2.47. The summed E-state index contributed by atoms with van der Waals surface area (Å²) in [5.74, 6) is 4.99. The summed E-state index contributed by atoms with van der Waals surface area (Å²) in [6, 6.07) is 4.52. The lowest BCUT2D eigenvalue weighted by atomic mass is 9.98. The van der Waals surface area contributed by atoms with Crippen LogP contribution in [0, 0.1) is 23.6 Å². The van der Waals surface area contributed by atoms with Crippen LogP contribution in [-0.4, -0.2) is 29.1 Å². The molecule has 1 unspecified atom stereocenters. The molecule has 0 aromatic heterocycles. The van der Waals surface area contributed by atoms with Crippen molar-refractivity contribution in [1.29, 1.82) is 0 Å². The Morgan fingerprint density at radius 3 is 3.00 bits per heavy atom. The second kappa shape index (κ2) is 6.53. The molecule has 1 aromatic rings. The van der Waals surface area contributed by atoms with Crippen molar-refractivity contribution >= 4 is 5.91 Å². The third kappa shape index (κ3) is 3.58. The Hall–Kier alpha value is -1.86. The molecule has 4 heteroatoms. The van der Waals surface area contributed by atoms with Crippen LogP contribution >= 0.6 is 0 Å². The number of carbonyl (C=O) groups excluding carboxylic acids is 1. The van der Waals surface area contributed by atoms with Gasteiger partial charge in [0.05, 0.1) is 0 Å². The van der Waals surface area contributed by atoms with Crippen LogP contribution in [-0.2, 0) is 11.3 Å². The number of aliphatic hydroxyl groups is 1. The summed E-state index contributed by atoms with van der Waals surface area (Å²) >= 11 is 0. The molecule has 1 aliphatic rings. The van der Waals surface area contributed by atoms with Crippen LogP contribution in [0.1, 0.15) is 30.9 Å². The van der Waals surface area contributed by atoms with Gasteiger partial charge in [0.25, 0.3) is 0 Å². The van der Waals surface area contributed by atoms with Crippen molar-refractivity contribution in [2.24, 2.45) is 5.92 Å². The van der Waals surface area contributed by atoms with Crippen LogP contribution in [0.25, 0.3) is 0 Å². The minimum atomic E-state index is -0.373. The van der Waals surface area contributed by atoms with E-state index in [-0.39, 0.29) is 24.2 Å². The van der Waals surface area contributed by atoms with E-state index in [0.29, 0.717) is 12.1 Å². The van der Waals surface area contributed by atoms with Gasteiger partial charge in [0.15, 0.2) is 0 Å². The number of likely N-dealkylation sites (tertiary alicyclic amines) is 1. The van der Waals surface area contributed by atoms with Crippen molar-refractivity contribution in [1.82, 2.24) is 4.90 Å². The molecule has 1 fully saturated rings. The van der Waals surface area contributed by atoms with Gasteiger partial charge in [-0.1, -0.05) is 18.8 Å². The quantitative estimate of drug-likeness (QED) is 0.838. The summed E-state index contributed by atoms with van der Waals surface area (Å²) < 4.78 is 13.5. The SMILES string of the molecule is CC1CCCN(Cc2cc(F)cc(C#CCO)c2)C1=O. The maximum atomic E-state index is 13.5. The van der Waals surface area contributed by atoms with Gasteiger partial charge in [-0.05, 0) is 36.6 Å². The Labute approximate surface area is 118 Å². The first kappa shape index (κ1) is 14.5. The number of benzene rings is 1. The van der Waals surface area contributed by atoms with Gasteiger partial charge in [0.1, 0.15) is 12.4 Å². The number of rotatable bonds is 2. The Balaban J connectivity index is 2.16. The summed E-state index contributed by atoms with van der Waals surface area (Å²) in [5, 5.41) is 8.67. The van der Waals surface area contributed by atoms with Crippen LogP contribution in [0.2, 0.25) is 0 Å². The van der Waals surface area contributed by atoms with Crippen LogP contribution in [0.5, 0.6) is 0 Å². The molecule has 0 bridgehead atoms. The lowest BCUT2D eigenvalue weighted by Crippen LogP contribution is -2.39. The number of amides is 1. The molecule has 3 nitrogen and oxygen atoms in total. The highest BCUT2D eigenvalue weighted by Crippen LogP contribution is 2.20. The van der Waals surface area contributed by atoms with Crippen molar-refractivity contribution in [2.75, 3.05) is 13.2 Å². The number of hydrogen-bond acceptors (Lipinski definition) is 2. The Morgan fingerprint density at radius 1 is 1.45 bits per heavy atom. The molecule has 1 N–H and O–H groups in total. The van der Waals surface area contributed by atoms with Crippen LogP contribution in [0.4, 0.5) is 4.39 Å². The maximum Gasteiger partial charge on any atom is 0.225 e. The molecule has 1 aromatic carbocycles. The number of halogens is 1. The number of carbonyl (C=O) groups is 1. The zero-order valence-corrected chi connectivity index (χ0v) is 11.5. The molecule has 1 amide bonds. The third-order valence-corrected chi connectivity index (χ3v) is 3.44. The average molecular weight is 275 g/mol. The van der Waals surface area contributed by atoms with Gasteiger partial charge in [-0.3, -0.25) is 4.79 Å². The zero-order chi connectivity index (χ0) is 14.5. The topological polar surface area (TPSA) is 40.5 Å². The molecule has 1 atom stereocenters. The fraction of sp³-hybridized carbons (Fsp3) is 0.438. The highest BCUT2D eigenvalue weighted by atomic mass is 19.1. The van der Waals surface area contributed by atoms with Crippen molar-refractivity contribution in [2.45, 2.75) is 26.3 Å². The third-order valence-electron chi connectivity index (χ3n) is 3.44. The molecule has 106 valence electrons. The highest BCUT2D eigenvalue weighted by molar-refractivity contribution is 5.79. The first-order chi connectivity index (χ1) is 9.60. The van der Waals surface area contributed by atoms with E-state index >= 15 is 0 Å². The largest absolute Gasteiger partial charge is 0.384 e. The first-order valence-electron chi connectivity index (χ1n) is 6.78. The van der Waals surface area contributed by atoms with E-state index in [2.05, 4.69) is 11.8 Å². The van der Waals surface area contributed by atoms with Crippen molar-refractivity contribution in [3.05, 3.63) is 35.1 Å². The fourth-order valence-corrected chi connectivity index (χ4v) is 2.47. The van der Waals surface area contributed by atoms with Gasteiger partial charge < -0.3 is 10.0 Å². The maximum absolute atomic E-state index is 13.5. The Bertz CT molecular complexity index is 559. The number of nitrogens with zero attached hydrogens (tertiary/aromatic N) is 1. The Morgan fingerprint density at radius 2 is 2.25 bits per heavy atom. The smallest absolute Gasteiger partial charge is 0.225 e. The molecule has 0 spiro atoms. The number of aliphatic hydroxyl groups excluding tert-OH is 1. The molecule has 0 saturated carbocycles. The number of piperidine rings is 1. The first-order valence-corrected chi connectivity index (χ1v) is 6.78. The summed E-state index contributed by atoms with van der Waals surface area (Å²) in [6.07, 6.45) is 1.91. The van der Waals surface area contributed by atoms with Gasteiger partial charge in [-0.15, -0.1) is 0 Å². The molecule has 1 heterocycles. The molecular formula is C16H18FNO2. The van der Waals surface area contributed by atoms with Crippen LogP contribution in [0.15, 0.2) is 18.2 Å². The lowest BCUT2D eigenvalue weighted by Gasteiger charge is -2.30. The van der Waals surface area contributed by atoms with Gasteiger partial charge in [0, 0.05) is 24.6 Å². The molecule has 1 saturated heterocycles. The monoisotopic (exact) mass is 275 g/mol. The second-order valence-electron chi connectivity index (χ2n) is 5.11. The molecule has 0 aliphatic carbocycles. The van der Waals surface area contributed by atoms with Gasteiger partial charge in [0.2, 0.25) is 5.91 Å². The van der Waals surface area contributed by atoms with Crippen LogP contribution < -0.4 is 0 Å². The molecule has 1 aliphatic heterocycles. The zero-order valence-electron chi connectivity index (χ0n) is 11.5. The summed E-state index contributed by atoms with van der Waals surface area (Å²) in [4.78, 5) is 13.8. The second-order valence-corrected chi connectivity index (χ2v) is 5.11. The van der Waals surface area contributed by atoms with Crippen molar-refractivity contribution < 1.29 is 14.3 Å². The van der Waals surface area contributed by atoms with E-state index in [1.807, 2.05) is 6.92 Å². The van der Waals surface area contributed by atoms with E-state index in [4.69, 9.17) is 5.11 Å². The van der Waals surface area contributed by atoms with Gasteiger partial charge in [-0.2, -0.15) is 0 Å². The van der Waals surface area contributed by atoms with E-state index in [0.717, 1.165) is 24.9 Å². The minimum Gasteiger partial charge on any atom is -0.384 e. The van der Waals surface area contributed by atoms with E-state index in [9.17, 15) is 9.18 Å². The predicted octanol–water partition coefficient (Wildman–Crippen LogP) is 1.93. The van der Waals surface area contributed by atoms with Crippen LogP contribution in [0.3, 0.4) is 0 Å². The summed E-state index contributed by atoms with van der Waals surface area (Å²) in [5.41, 5.74) is 1.25. The van der Waals surface area contributed by atoms with Crippen molar-refractivity contribution in [3.63, 3.8) is 0 Å². The van der Waals surface area contributed by atoms with Gasteiger partial charge >= 0.3 is 0 Å².